The van der Waals surface area contributed by atoms with Crippen molar-refractivity contribution in [3.8, 4) is 0 Å². The Hall–Kier alpha value is -1.95. The molecule has 1 atom stereocenters. The topological polar surface area (TPSA) is 59.5 Å². The minimum atomic E-state index is -0.465. The fourth-order valence-electron chi connectivity index (χ4n) is 2.74. The number of amides is 1. The zero-order chi connectivity index (χ0) is 15.5. The van der Waals surface area contributed by atoms with E-state index in [9.17, 15) is 9.59 Å². The van der Waals surface area contributed by atoms with Crippen molar-refractivity contribution in [1.82, 2.24) is 9.88 Å². The van der Waals surface area contributed by atoms with E-state index in [0.717, 1.165) is 36.0 Å². The van der Waals surface area contributed by atoms with Gasteiger partial charge in [-0.2, -0.15) is 0 Å². The number of benzene rings is 1. The van der Waals surface area contributed by atoms with Crippen molar-refractivity contribution in [1.29, 1.82) is 0 Å². The average molecular weight is 318 g/mol. The van der Waals surface area contributed by atoms with E-state index < -0.39 is 5.97 Å². The summed E-state index contributed by atoms with van der Waals surface area (Å²) in [5, 5.41) is 0. The Kier molecular flexibility index (Phi) is 4.38. The third kappa shape index (κ3) is 3.11. The fraction of sp³-hybridized carbons (Fsp3) is 0.438. The van der Waals surface area contributed by atoms with Crippen LogP contribution >= 0.6 is 11.3 Å². The summed E-state index contributed by atoms with van der Waals surface area (Å²) in [4.78, 5) is 30.2. The number of aromatic nitrogens is 1. The SMILES string of the molecule is C[C@H]1CCCCN1C(=O)COC(=O)c1ccc2ncsc2c1. The molecular weight excluding hydrogens is 300 g/mol. The highest BCUT2D eigenvalue weighted by Gasteiger charge is 2.24. The van der Waals surface area contributed by atoms with Crippen molar-refractivity contribution in [2.75, 3.05) is 13.2 Å². The lowest BCUT2D eigenvalue weighted by atomic mass is 10.0. The first-order chi connectivity index (χ1) is 10.6. The Morgan fingerprint density at radius 3 is 3.09 bits per heavy atom. The first-order valence-electron chi connectivity index (χ1n) is 7.45. The maximum Gasteiger partial charge on any atom is 0.338 e. The molecule has 1 fully saturated rings. The molecular formula is C16H18N2O3S. The van der Waals surface area contributed by atoms with E-state index in [4.69, 9.17) is 4.74 Å². The summed E-state index contributed by atoms with van der Waals surface area (Å²) >= 11 is 1.47. The molecule has 0 unspecified atom stereocenters. The van der Waals surface area contributed by atoms with E-state index in [0.29, 0.717) is 5.56 Å². The Labute approximate surface area is 132 Å². The van der Waals surface area contributed by atoms with Crippen molar-refractivity contribution in [2.45, 2.75) is 32.2 Å². The summed E-state index contributed by atoms with van der Waals surface area (Å²) in [6.07, 6.45) is 3.19. The standard InChI is InChI=1S/C16H18N2O3S/c1-11-4-2-3-7-18(11)15(19)9-21-16(20)12-5-6-13-14(8-12)22-10-17-13/h5-6,8,10-11H,2-4,7,9H2,1H3/t11-/m0/s1. The van der Waals surface area contributed by atoms with Gasteiger partial charge in [0, 0.05) is 12.6 Å². The van der Waals surface area contributed by atoms with Crippen LogP contribution in [-0.2, 0) is 9.53 Å². The molecule has 0 saturated carbocycles. The first kappa shape index (κ1) is 15.0. The van der Waals surface area contributed by atoms with Crippen LogP contribution in [0.1, 0.15) is 36.5 Å². The molecule has 2 heterocycles. The number of likely N-dealkylation sites (tertiary alicyclic amines) is 1. The Morgan fingerprint density at radius 2 is 2.27 bits per heavy atom. The highest BCUT2D eigenvalue weighted by molar-refractivity contribution is 7.16. The van der Waals surface area contributed by atoms with Crippen LogP contribution in [0.2, 0.25) is 0 Å². The van der Waals surface area contributed by atoms with Crippen molar-refractivity contribution in [3.05, 3.63) is 29.3 Å². The smallest absolute Gasteiger partial charge is 0.338 e. The third-order valence-corrected chi connectivity index (χ3v) is 4.81. The zero-order valence-electron chi connectivity index (χ0n) is 12.4. The van der Waals surface area contributed by atoms with E-state index in [1.165, 1.54) is 11.3 Å². The molecule has 5 nitrogen and oxygen atoms in total. The van der Waals surface area contributed by atoms with Gasteiger partial charge in [0.1, 0.15) is 0 Å². The predicted molar refractivity (Wildman–Crippen MR) is 84.9 cm³/mol. The van der Waals surface area contributed by atoms with Crippen molar-refractivity contribution in [3.63, 3.8) is 0 Å². The number of carbonyl (C=O) groups excluding carboxylic acids is 2. The second kappa shape index (κ2) is 6.44. The summed E-state index contributed by atoms with van der Waals surface area (Å²) in [7, 11) is 0. The number of hydrogen-bond donors (Lipinski definition) is 0. The van der Waals surface area contributed by atoms with Crippen LogP contribution in [0.3, 0.4) is 0 Å². The van der Waals surface area contributed by atoms with Gasteiger partial charge in [0.25, 0.3) is 5.91 Å². The number of piperidine rings is 1. The summed E-state index contributed by atoms with van der Waals surface area (Å²) in [5.41, 5.74) is 3.05. The van der Waals surface area contributed by atoms with Gasteiger partial charge in [-0.25, -0.2) is 9.78 Å². The van der Waals surface area contributed by atoms with Crippen molar-refractivity contribution < 1.29 is 14.3 Å². The van der Waals surface area contributed by atoms with Gasteiger partial charge >= 0.3 is 5.97 Å². The average Bonchev–Trinajstić information content (AvgIpc) is 3.00. The lowest BCUT2D eigenvalue weighted by Gasteiger charge is -2.33. The van der Waals surface area contributed by atoms with Gasteiger partial charge in [-0.05, 0) is 44.4 Å². The van der Waals surface area contributed by atoms with Crippen molar-refractivity contribution >= 4 is 33.4 Å². The largest absolute Gasteiger partial charge is 0.452 e. The Morgan fingerprint density at radius 1 is 1.41 bits per heavy atom. The van der Waals surface area contributed by atoms with Crippen LogP contribution in [0.15, 0.2) is 23.7 Å². The van der Waals surface area contributed by atoms with Gasteiger partial charge in [0.05, 0.1) is 21.3 Å². The molecule has 6 heteroatoms. The molecule has 1 amide bonds. The van der Waals surface area contributed by atoms with Crippen LogP contribution < -0.4 is 0 Å². The molecule has 116 valence electrons. The second-order valence-corrected chi connectivity index (χ2v) is 6.43. The van der Waals surface area contributed by atoms with Crippen molar-refractivity contribution in [2.24, 2.45) is 0 Å². The van der Waals surface area contributed by atoms with Gasteiger partial charge < -0.3 is 9.64 Å². The molecule has 2 aromatic rings. The number of thiazole rings is 1. The Bertz CT molecular complexity index is 698. The number of esters is 1. The molecule has 1 aromatic heterocycles. The Balaban J connectivity index is 1.60. The number of rotatable bonds is 3. The highest BCUT2D eigenvalue weighted by Crippen LogP contribution is 2.20. The minimum absolute atomic E-state index is 0.112. The lowest BCUT2D eigenvalue weighted by molar-refractivity contribution is -0.137. The number of nitrogens with zero attached hydrogens (tertiary/aromatic N) is 2. The quantitative estimate of drug-likeness (QED) is 0.817. The van der Waals surface area contributed by atoms with Crippen LogP contribution in [0.4, 0.5) is 0 Å². The number of fused-ring (bicyclic) bond motifs is 1. The van der Waals surface area contributed by atoms with E-state index in [2.05, 4.69) is 4.98 Å². The lowest BCUT2D eigenvalue weighted by Crippen LogP contribution is -2.44. The fourth-order valence-corrected chi connectivity index (χ4v) is 3.46. The highest BCUT2D eigenvalue weighted by atomic mass is 32.1. The molecule has 0 aliphatic carbocycles. The third-order valence-electron chi connectivity index (χ3n) is 4.02. The van der Waals surface area contributed by atoms with Gasteiger partial charge in [0.15, 0.2) is 6.61 Å². The molecule has 1 aliphatic rings. The normalized spacial score (nSPS) is 18.4. The molecule has 1 aromatic carbocycles. The predicted octanol–water partition coefficient (Wildman–Crippen LogP) is 2.85. The van der Waals surface area contributed by atoms with Gasteiger partial charge in [-0.1, -0.05) is 0 Å². The molecule has 1 aliphatic heterocycles. The van der Waals surface area contributed by atoms with E-state index in [1.54, 1.807) is 23.7 Å². The van der Waals surface area contributed by atoms with Gasteiger partial charge in [-0.15, -0.1) is 11.3 Å². The molecule has 1 saturated heterocycles. The van der Waals surface area contributed by atoms with E-state index in [-0.39, 0.29) is 18.6 Å². The summed E-state index contributed by atoms with van der Waals surface area (Å²) < 4.78 is 6.11. The number of carbonyl (C=O) groups is 2. The zero-order valence-corrected chi connectivity index (χ0v) is 13.3. The van der Waals surface area contributed by atoms with E-state index in [1.807, 2.05) is 11.8 Å². The molecule has 3 rings (SSSR count). The summed E-state index contributed by atoms with van der Waals surface area (Å²) in [6, 6.07) is 5.45. The van der Waals surface area contributed by atoms with Crippen LogP contribution in [0.25, 0.3) is 10.2 Å². The molecule has 0 spiro atoms. The maximum absolute atomic E-state index is 12.2. The summed E-state index contributed by atoms with van der Waals surface area (Å²) in [6.45, 7) is 2.60. The first-order valence-corrected chi connectivity index (χ1v) is 8.33. The molecule has 0 radical (unpaired) electrons. The number of hydrogen-bond acceptors (Lipinski definition) is 5. The number of ether oxygens (including phenoxy) is 1. The second-order valence-electron chi connectivity index (χ2n) is 5.54. The van der Waals surface area contributed by atoms with Gasteiger partial charge in [0.2, 0.25) is 0 Å². The van der Waals surface area contributed by atoms with E-state index >= 15 is 0 Å². The summed E-state index contributed by atoms with van der Waals surface area (Å²) in [5.74, 6) is -0.576. The maximum atomic E-state index is 12.2. The van der Waals surface area contributed by atoms with Crippen LogP contribution in [0.5, 0.6) is 0 Å². The van der Waals surface area contributed by atoms with Crippen LogP contribution in [0, 0.1) is 0 Å². The molecule has 0 N–H and O–H groups in total. The minimum Gasteiger partial charge on any atom is -0.452 e. The van der Waals surface area contributed by atoms with Crippen LogP contribution in [-0.4, -0.2) is 41.0 Å². The monoisotopic (exact) mass is 318 g/mol. The molecule has 22 heavy (non-hydrogen) atoms. The van der Waals surface area contributed by atoms with Gasteiger partial charge in [-0.3, -0.25) is 4.79 Å². The molecule has 0 bridgehead atoms.